The lowest BCUT2D eigenvalue weighted by atomic mass is 9.94. The number of methoxy groups -OCH3 is 1. The molecule has 6 bridgehead atoms. The lowest BCUT2D eigenvalue weighted by Crippen LogP contribution is -2.30. The summed E-state index contributed by atoms with van der Waals surface area (Å²) >= 11 is 0. The van der Waals surface area contributed by atoms with E-state index in [2.05, 4.69) is 6.07 Å². The normalized spacial score (nSPS) is 17.1. The van der Waals surface area contributed by atoms with E-state index < -0.39 is 17.7 Å². The maximum atomic E-state index is 14.4. The molecule has 2 atom stereocenters. The zero-order valence-electron chi connectivity index (χ0n) is 29.8. The number of aromatic nitrogens is 3. The Morgan fingerprint density at radius 2 is 1.69 bits per heavy atom. The first-order valence-corrected chi connectivity index (χ1v) is 17.7. The number of hydrogen-bond donors (Lipinski definition) is 0. The number of hydrogen-bond acceptors (Lipinski definition) is 8. The molecule has 0 spiro atoms. The van der Waals surface area contributed by atoms with Crippen molar-refractivity contribution in [3.05, 3.63) is 89.4 Å². The van der Waals surface area contributed by atoms with Crippen LogP contribution in [0.3, 0.4) is 0 Å². The highest BCUT2D eigenvalue weighted by Gasteiger charge is 2.35. The van der Waals surface area contributed by atoms with Gasteiger partial charge in [0, 0.05) is 58.7 Å². The number of benzene rings is 3. The Kier molecular flexibility index (Phi) is 9.81. The molecule has 5 aromatic rings. The molecule has 0 aliphatic carbocycles. The van der Waals surface area contributed by atoms with Crippen LogP contribution in [0.2, 0.25) is 0 Å². The minimum Gasteiger partial charge on any atom is -0.493 e. The molecular formula is C41H44FN3O6. The Bertz CT molecular complexity index is 2070. The van der Waals surface area contributed by atoms with Crippen molar-refractivity contribution in [1.82, 2.24) is 14.6 Å². The Labute approximate surface area is 297 Å². The van der Waals surface area contributed by atoms with Gasteiger partial charge in [-0.05, 0) is 88.9 Å². The standard InChI is InChI=1S/C41H44FN3O6/c1-25-37(39(40(46)47-5)51-41(2,3)4)38-28-13-16-33-31(22-28)34(17-20-50-33)48-18-8-6-7-9-19-49-35-23-29(42)14-15-30(35)26-11-10-12-27(21-26)32-24-36(43-25)45(38)44-32/h10-16,21-24,34,39H,6-9,17-20H2,1-5H3/t34?,39-/m0/s1. The van der Waals surface area contributed by atoms with Crippen LogP contribution in [0.25, 0.3) is 39.3 Å². The van der Waals surface area contributed by atoms with Crippen LogP contribution in [0.5, 0.6) is 11.5 Å². The minimum atomic E-state index is -1.08. The molecule has 0 fully saturated rings. The lowest BCUT2D eigenvalue weighted by molar-refractivity contribution is -0.164. The Hall–Kier alpha value is -4.80. The second kappa shape index (κ2) is 14.4. The third kappa shape index (κ3) is 7.34. The fourth-order valence-corrected chi connectivity index (χ4v) is 6.90. The van der Waals surface area contributed by atoms with Crippen LogP contribution < -0.4 is 9.47 Å². The van der Waals surface area contributed by atoms with Gasteiger partial charge in [0.15, 0.2) is 11.8 Å². The van der Waals surface area contributed by atoms with Crippen LogP contribution in [0.4, 0.5) is 4.39 Å². The molecule has 4 heterocycles. The van der Waals surface area contributed by atoms with Gasteiger partial charge in [-0.3, -0.25) is 0 Å². The number of aryl methyl sites for hydroxylation is 1. The van der Waals surface area contributed by atoms with Gasteiger partial charge >= 0.3 is 5.97 Å². The van der Waals surface area contributed by atoms with Crippen molar-refractivity contribution in [1.29, 1.82) is 0 Å². The fraction of sp³-hybridized carbons (Fsp3) is 0.390. The molecule has 9 nitrogen and oxygen atoms in total. The van der Waals surface area contributed by atoms with Crippen LogP contribution in [0.1, 0.15) is 81.9 Å². The van der Waals surface area contributed by atoms with E-state index in [-0.39, 0.29) is 11.9 Å². The average molecular weight is 694 g/mol. The Morgan fingerprint density at radius 3 is 2.49 bits per heavy atom. The molecule has 3 aromatic carbocycles. The highest BCUT2D eigenvalue weighted by molar-refractivity contribution is 5.83. The van der Waals surface area contributed by atoms with E-state index in [1.807, 2.05) is 70.2 Å². The zero-order chi connectivity index (χ0) is 35.7. The van der Waals surface area contributed by atoms with E-state index in [1.54, 1.807) is 10.6 Å². The molecule has 2 aliphatic rings. The van der Waals surface area contributed by atoms with Gasteiger partial charge in [0.25, 0.3) is 0 Å². The summed E-state index contributed by atoms with van der Waals surface area (Å²) in [4.78, 5) is 18.5. The number of nitrogens with zero attached hydrogens (tertiary/aromatic N) is 3. The van der Waals surface area contributed by atoms with Crippen molar-refractivity contribution in [2.75, 3.05) is 26.9 Å². The molecule has 0 saturated heterocycles. The molecule has 2 aliphatic heterocycles. The largest absolute Gasteiger partial charge is 0.493 e. The monoisotopic (exact) mass is 693 g/mol. The molecular weight excluding hydrogens is 649 g/mol. The molecule has 7 rings (SSSR count). The maximum absolute atomic E-state index is 14.4. The minimum absolute atomic E-state index is 0.155. The SMILES string of the molecule is COC(=O)[C@@H](OC(C)(C)C)c1c(C)nc2cc3nn2c1-c1ccc2c(c1)C(CCO2)OCCCCCCOc1cc(F)ccc1-c1cccc-3c1. The number of halogens is 1. The quantitative estimate of drug-likeness (QED) is 0.173. The van der Waals surface area contributed by atoms with Crippen LogP contribution >= 0.6 is 0 Å². The molecule has 2 aromatic heterocycles. The lowest BCUT2D eigenvalue weighted by Gasteiger charge is -2.29. The third-order valence-electron chi connectivity index (χ3n) is 9.27. The van der Waals surface area contributed by atoms with Gasteiger partial charge < -0.3 is 23.7 Å². The summed E-state index contributed by atoms with van der Waals surface area (Å²) < 4.78 is 46.7. The molecule has 0 N–H and O–H groups in total. The highest BCUT2D eigenvalue weighted by Crippen LogP contribution is 2.42. The van der Waals surface area contributed by atoms with Crippen molar-refractivity contribution in [3.8, 4) is 45.1 Å². The topological polar surface area (TPSA) is 93.4 Å². The van der Waals surface area contributed by atoms with Gasteiger partial charge in [-0.2, -0.15) is 5.10 Å². The highest BCUT2D eigenvalue weighted by atomic mass is 19.1. The molecule has 10 heteroatoms. The smallest absolute Gasteiger partial charge is 0.339 e. The number of rotatable bonds is 3. The van der Waals surface area contributed by atoms with Crippen molar-refractivity contribution in [2.24, 2.45) is 0 Å². The molecule has 0 radical (unpaired) electrons. The summed E-state index contributed by atoms with van der Waals surface area (Å²) in [6, 6.07) is 20.6. The van der Waals surface area contributed by atoms with Crippen molar-refractivity contribution in [3.63, 3.8) is 0 Å². The van der Waals surface area contributed by atoms with Crippen LogP contribution in [-0.4, -0.2) is 53.1 Å². The van der Waals surface area contributed by atoms with Crippen LogP contribution in [-0.2, 0) is 19.0 Å². The van der Waals surface area contributed by atoms with Gasteiger partial charge in [-0.15, -0.1) is 0 Å². The van der Waals surface area contributed by atoms with Gasteiger partial charge in [-0.25, -0.2) is 18.7 Å². The number of carbonyl (C=O) groups excluding carboxylic acids is 1. The molecule has 0 saturated carbocycles. The van der Waals surface area contributed by atoms with Gasteiger partial charge in [0.05, 0.1) is 43.4 Å². The molecule has 0 amide bonds. The van der Waals surface area contributed by atoms with Crippen molar-refractivity contribution >= 4 is 11.6 Å². The van der Waals surface area contributed by atoms with Crippen LogP contribution in [0.15, 0.2) is 66.7 Å². The summed E-state index contributed by atoms with van der Waals surface area (Å²) in [6.45, 7) is 9.24. The van der Waals surface area contributed by atoms with Crippen molar-refractivity contribution < 1.29 is 32.9 Å². The molecule has 266 valence electrons. The summed E-state index contributed by atoms with van der Waals surface area (Å²) in [7, 11) is 1.36. The fourth-order valence-electron chi connectivity index (χ4n) is 6.90. The van der Waals surface area contributed by atoms with Crippen LogP contribution in [0, 0.1) is 12.7 Å². The Balaban J connectivity index is 1.46. The van der Waals surface area contributed by atoms with Gasteiger partial charge in [0.1, 0.15) is 17.3 Å². The second-order valence-corrected chi connectivity index (χ2v) is 14.1. The Morgan fingerprint density at radius 1 is 0.902 bits per heavy atom. The second-order valence-electron chi connectivity index (χ2n) is 14.1. The van der Waals surface area contributed by atoms with Gasteiger partial charge in [0.2, 0.25) is 0 Å². The van der Waals surface area contributed by atoms with E-state index >= 15 is 0 Å². The first kappa shape index (κ1) is 34.6. The first-order valence-electron chi connectivity index (χ1n) is 17.7. The predicted octanol–water partition coefficient (Wildman–Crippen LogP) is 9.00. The van der Waals surface area contributed by atoms with E-state index in [0.717, 1.165) is 65.7 Å². The predicted molar refractivity (Wildman–Crippen MR) is 192 cm³/mol. The number of ether oxygens (including phenoxy) is 5. The number of fused-ring (bicyclic) bond motifs is 8. The first-order chi connectivity index (χ1) is 24.6. The molecule has 1 unspecified atom stereocenters. The maximum Gasteiger partial charge on any atom is 0.339 e. The summed E-state index contributed by atoms with van der Waals surface area (Å²) in [5, 5.41) is 5.13. The average Bonchev–Trinajstić information content (AvgIpc) is 3.54. The van der Waals surface area contributed by atoms with Crippen molar-refractivity contribution in [2.45, 2.75) is 77.6 Å². The molecule has 51 heavy (non-hydrogen) atoms. The van der Waals surface area contributed by atoms with E-state index in [0.29, 0.717) is 53.9 Å². The van der Waals surface area contributed by atoms with Gasteiger partial charge in [-0.1, -0.05) is 24.6 Å². The summed E-state index contributed by atoms with van der Waals surface area (Å²) in [6.07, 6.45) is 3.19. The summed E-state index contributed by atoms with van der Waals surface area (Å²) in [5.74, 6) is 0.396. The zero-order valence-corrected chi connectivity index (χ0v) is 29.8. The summed E-state index contributed by atoms with van der Waals surface area (Å²) in [5.41, 5.74) is 6.69. The number of esters is 1. The van der Waals surface area contributed by atoms with E-state index in [4.69, 9.17) is 33.8 Å². The van der Waals surface area contributed by atoms with E-state index in [1.165, 1.54) is 19.2 Å². The third-order valence-corrected chi connectivity index (χ3v) is 9.27. The number of carbonyl (C=O) groups is 1. The van der Waals surface area contributed by atoms with E-state index in [9.17, 15) is 9.18 Å².